The largest absolute Gasteiger partial charge is 0.387 e. The highest BCUT2D eigenvalue weighted by Crippen LogP contribution is 2.37. The number of rotatable bonds is 6. The van der Waals surface area contributed by atoms with E-state index in [1.54, 1.807) is 0 Å². The second-order valence-corrected chi connectivity index (χ2v) is 8.92. The molecule has 138 valence electrons. The van der Waals surface area contributed by atoms with Crippen LogP contribution in [0.1, 0.15) is 11.1 Å². The van der Waals surface area contributed by atoms with Crippen LogP contribution in [-0.2, 0) is 6.42 Å². The minimum atomic E-state index is -0.626. The summed E-state index contributed by atoms with van der Waals surface area (Å²) in [5.74, 6) is 0. The summed E-state index contributed by atoms with van der Waals surface area (Å²) < 4.78 is 0. The van der Waals surface area contributed by atoms with Crippen molar-refractivity contribution >= 4 is 29.5 Å². The van der Waals surface area contributed by atoms with Gasteiger partial charge < -0.3 is 5.32 Å². The Labute approximate surface area is 168 Å². The van der Waals surface area contributed by atoms with Crippen molar-refractivity contribution in [3.05, 3.63) is 120 Å². The van der Waals surface area contributed by atoms with Gasteiger partial charge in [0.15, 0.2) is 0 Å². The van der Waals surface area contributed by atoms with Gasteiger partial charge in [-0.25, -0.2) is 0 Å². The predicted octanol–water partition coefficient (Wildman–Crippen LogP) is 5.08. The molecule has 0 aliphatic rings. The van der Waals surface area contributed by atoms with Crippen molar-refractivity contribution in [3.8, 4) is 0 Å². The molecule has 4 aromatic carbocycles. The number of nitrogens with one attached hydrogen (secondary N) is 1. The van der Waals surface area contributed by atoms with E-state index in [2.05, 4.69) is 115 Å². The van der Waals surface area contributed by atoms with Crippen molar-refractivity contribution in [3.63, 3.8) is 0 Å². The summed E-state index contributed by atoms with van der Waals surface area (Å²) in [6.07, 6.45) is 0.928. The second-order valence-electron chi connectivity index (χ2n) is 6.73. The lowest BCUT2D eigenvalue weighted by molar-refractivity contribution is 1.19. The van der Waals surface area contributed by atoms with Gasteiger partial charge in [-0.2, -0.15) is 0 Å². The molecule has 0 aromatic heterocycles. The monoisotopic (exact) mass is 381 g/mol. The summed E-state index contributed by atoms with van der Waals surface area (Å²) in [6, 6.07) is 39.2. The van der Waals surface area contributed by atoms with Crippen LogP contribution in [0.5, 0.6) is 0 Å². The van der Waals surface area contributed by atoms with Crippen molar-refractivity contribution in [2.45, 2.75) is 6.42 Å². The minimum Gasteiger partial charge on any atom is -0.387 e. The van der Waals surface area contributed by atoms with E-state index in [0.29, 0.717) is 0 Å². The zero-order chi connectivity index (χ0) is 19.2. The Balaban J connectivity index is 1.84. The van der Waals surface area contributed by atoms with Crippen molar-refractivity contribution in [2.75, 3.05) is 12.4 Å². The summed E-state index contributed by atoms with van der Waals surface area (Å²) in [6.45, 7) is 0. The Hall–Kier alpha value is -2.89. The number of para-hydroxylation sites is 1. The van der Waals surface area contributed by atoms with E-state index in [1.807, 2.05) is 7.05 Å². The molecule has 1 N–H and O–H groups in total. The molecule has 28 heavy (non-hydrogen) atoms. The van der Waals surface area contributed by atoms with E-state index in [0.717, 1.165) is 6.42 Å². The average molecular weight is 381 g/mol. The fraction of sp³-hybridized carbons (Fsp3) is 0.0769. The molecule has 0 unspecified atom stereocenters. The molecule has 1 nitrogen and oxygen atoms in total. The first-order chi connectivity index (χ1) is 13.9. The van der Waals surface area contributed by atoms with Gasteiger partial charge in [-0.1, -0.05) is 109 Å². The van der Waals surface area contributed by atoms with E-state index in [4.69, 9.17) is 0 Å². The molecule has 0 aliphatic carbocycles. The number of hydrogen-bond donors (Lipinski definition) is 1. The molecule has 2 heteroatoms. The fourth-order valence-corrected chi connectivity index (χ4v) is 6.12. The van der Waals surface area contributed by atoms with Gasteiger partial charge >= 0.3 is 0 Å². The lowest BCUT2D eigenvalue weighted by Gasteiger charge is -2.24. The van der Waals surface area contributed by atoms with Gasteiger partial charge in [-0.15, -0.1) is 0 Å². The molecule has 4 aromatic rings. The van der Waals surface area contributed by atoms with Crippen molar-refractivity contribution in [1.82, 2.24) is 0 Å². The third-order valence-electron chi connectivity index (χ3n) is 4.89. The Bertz CT molecular complexity index is 974. The number of hydrogen-bond acceptors (Lipinski definition) is 1. The van der Waals surface area contributed by atoms with E-state index in [-0.39, 0.29) is 0 Å². The van der Waals surface area contributed by atoms with Gasteiger partial charge in [-0.05, 0) is 36.1 Å². The van der Waals surface area contributed by atoms with Crippen LogP contribution in [0.25, 0.3) is 0 Å². The van der Waals surface area contributed by atoms with Crippen LogP contribution in [0, 0.1) is 0 Å². The predicted molar refractivity (Wildman–Crippen MR) is 124 cm³/mol. The third-order valence-corrected chi connectivity index (χ3v) is 7.37. The van der Waals surface area contributed by atoms with Gasteiger partial charge in [-0.3, -0.25) is 0 Å². The van der Waals surface area contributed by atoms with Crippen molar-refractivity contribution < 1.29 is 0 Å². The molecule has 0 bridgehead atoms. The van der Waals surface area contributed by atoms with Gasteiger partial charge in [0.2, 0.25) is 0 Å². The molecule has 0 atom stereocenters. The van der Waals surface area contributed by atoms with Gasteiger partial charge in [0.25, 0.3) is 0 Å². The molecule has 0 saturated heterocycles. The summed E-state index contributed by atoms with van der Waals surface area (Å²) >= 11 is 0. The molecule has 0 heterocycles. The standard InChI is InChI=1S/C26H24NP/c1-27-26-22(20-21-12-5-2-6-13-21)14-11-19-25(26)28(23-15-7-3-8-16-23)24-17-9-4-10-18-24/h2-19,27H,20H2,1H3. The van der Waals surface area contributed by atoms with Crippen LogP contribution in [-0.4, -0.2) is 7.05 Å². The molecule has 0 fully saturated rings. The van der Waals surface area contributed by atoms with E-state index in [9.17, 15) is 0 Å². The van der Waals surface area contributed by atoms with Crippen molar-refractivity contribution in [2.24, 2.45) is 0 Å². The van der Waals surface area contributed by atoms with Gasteiger partial charge in [0.05, 0.1) is 0 Å². The summed E-state index contributed by atoms with van der Waals surface area (Å²) in [4.78, 5) is 0. The van der Waals surface area contributed by atoms with E-state index in [1.165, 1.54) is 32.7 Å². The van der Waals surface area contributed by atoms with Gasteiger partial charge in [0.1, 0.15) is 0 Å². The lowest BCUT2D eigenvalue weighted by atomic mass is 10.0. The molecule has 0 spiro atoms. The quantitative estimate of drug-likeness (QED) is 0.460. The lowest BCUT2D eigenvalue weighted by Crippen LogP contribution is -2.23. The third kappa shape index (κ3) is 4.01. The summed E-state index contributed by atoms with van der Waals surface area (Å²) in [5, 5.41) is 7.64. The van der Waals surface area contributed by atoms with Gasteiger partial charge in [0, 0.05) is 18.0 Å². The highest BCUT2D eigenvalue weighted by molar-refractivity contribution is 7.80. The Morgan fingerprint density at radius 1 is 0.607 bits per heavy atom. The molecule has 0 amide bonds. The van der Waals surface area contributed by atoms with Crippen LogP contribution in [0.4, 0.5) is 5.69 Å². The molecule has 0 saturated carbocycles. The van der Waals surface area contributed by atoms with E-state index < -0.39 is 7.92 Å². The highest BCUT2D eigenvalue weighted by Gasteiger charge is 2.20. The topological polar surface area (TPSA) is 12.0 Å². The molecule has 0 aliphatic heterocycles. The summed E-state index contributed by atoms with van der Waals surface area (Å²) in [5.41, 5.74) is 3.93. The second kappa shape index (κ2) is 8.87. The maximum absolute atomic E-state index is 3.52. The molecular formula is C26H24NP. The van der Waals surface area contributed by atoms with Crippen LogP contribution in [0.2, 0.25) is 0 Å². The van der Waals surface area contributed by atoms with Crippen LogP contribution >= 0.6 is 7.92 Å². The first-order valence-corrected chi connectivity index (χ1v) is 10.9. The number of anilines is 1. The maximum Gasteiger partial charge on any atom is 0.0458 e. The zero-order valence-electron chi connectivity index (χ0n) is 16.0. The van der Waals surface area contributed by atoms with Crippen molar-refractivity contribution in [1.29, 1.82) is 0 Å². The summed E-state index contributed by atoms with van der Waals surface area (Å²) in [7, 11) is 1.41. The maximum atomic E-state index is 3.52. The smallest absolute Gasteiger partial charge is 0.0458 e. The highest BCUT2D eigenvalue weighted by atomic mass is 31.1. The minimum absolute atomic E-state index is 0.626. The Kier molecular flexibility index (Phi) is 5.85. The first kappa shape index (κ1) is 18.5. The molecular weight excluding hydrogens is 357 g/mol. The number of benzene rings is 4. The Morgan fingerprint density at radius 3 is 1.68 bits per heavy atom. The SMILES string of the molecule is CNc1c(Cc2ccccc2)cccc1P(c1ccccc1)c1ccccc1. The van der Waals surface area contributed by atoms with Crippen LogP contribution < -0.4 is 21.2 Å². The van der Waals surface area contributed by atoms with Crippen LogP contribution in [0.3, 0.4) is 0 Å². The Morgan fingerprint density at radius 2 is 1.14 bits per heavy atom. The van der Waals surface area contributed by atoms with Crippen LogP contribution in [0.15, 0.2) is 109 Å². The zero-order valence-corrected chi connectivity index (χ0v) is 16.9. The molecule has 0 radical (unpaired) electrons. The average Bonchev–Trinajstić information content (AvgIpc) is 2.76. The first-order valence-electron chi connectivity index (χ1n) is 9.60. The molecule has 4 rings (SSSR count). The fourth-order valence-electron chi connectivity index (χ4n) is 3.61. The van der Waals surface area contributed by atoms with E-state index >= 15 is 0 Å². The normalized spacial score (nSPS) is 10.8.